The highest BCUT2D eigenvalue weighted by atomic mass is 16.6. The minimum absolute atomic E-state index is 0.273. The van der Waals surface area contributed by atoms with Gasteiger partial charge in [0.1, 0.15) is 11.7 Å². The number of carbonyl (C=O) groups excluding carboxylic acids is 1. The molecule has 4 atom stereocenters. The van der Waals surface area contributed by atoms with Gasteiger partial charge in [-0.15, -0.1) is 0 Å². The molecule has 4 heteroatoms. The molecule has 0 aromatic heterocycles. The van der Waals surface area contributed by atoms with E-state index in [0.29, 0.717) is 18.8 Å². The van der Waals surface area contributed by atoms with Gasteiger partial charge in [0.25, 0.3) is 0 Å². The third kappa shape index (κ3) is 5.20. The molecule has 2 bridgehead atoms. The Morgan fingerprint density at radius 3 is 2.65 bits per heavy atom. The first-order valence-electron chi connectivity index (χ1n) is 9.92. The van der Waals surface area contributed by atoms with Gasteiger partial charge < -0.3 is 14.6 Å². The van der Waals surface area contributed by atoms with Crippen LogP contribution in [0.4, 0.5) is 0 Å². The Labute approximate surface area is 158 Å². The summed E-state index contributed by atoms with van der Waals surface area (Å²) in [5, 5.41) is 10.5. The molecule has 1 aliphatic carbocycles. The lowest BCUT2D eigenvalue weighted by atomic mass is 9.73. The van der Waals surface area contributed by atoms with E-state index >= 15 is 0 Å². The minimum atomic E-state index is -0.595. The van der Waals surface area contributed by atoms with Crippen molar-refractivity contribution in [2.75, 3.05) is 0 Å². The number of rotatable bonds is 1. The van der Waals surface area contributed by atoms with Crippen LogP contribution in [0.1, 0.15) is 79.6 Å². The van der Waals surface area contributed by atoms with Crippen LogP contribution in [0, 0.1) is 5.92 Å². The molecule has 2 heterocycles. The van der Waals surface area contributed by atoms with Crippen molar-refractivity contribution >= 4 is 5.97 Å². The topological polar surface area (TPSA) is 55.8 Å². The van der Waals surface area contributed by atoms with Crippen LogP contribution in [-0.2, 0) is 14.3 Å². The number of aliphatic hydroxyl groups is 1. The van der Waals surface area contributed by atoms with Crippen LogP contribution >= 0.6 is 0 Å². The number of ether oxygens (including phenoxy) is 2. The molecule has 148 valence electrons. The number of fused-ring (bicyclic) bond motifs is 10. The van der Waals surface area contributed by atoms with Crippen LogP contribution in [0.3, 0.4) is 0 Å². The van der Waals surface area contributed by atoms with Crippen molar-refractivity contribution in [3.8, 4) is 0 Å². The summed E-state index contributed by atoms with van der Waals surface area (Å²) in [6.45, 7) is 14.0. The van der Waals surface area contributed by atoms with E-state index in [9.17, 15) is 9.90 Å². The second-order valence-corrected chi connectivity index (χ2v) is 8.89. The zero-order valence-corrected chi connectivity index (χ0v) is 17.1. The summed E-state index contributed by atoms with van der Waals surface area (Å²) in [6, 6.07) is 0. The highest BCUT2D eigenvalue weighted by molar-refractivity contribution is 5.66. The van der Waals surface area contributed by atoms with E-state index in [1.54, 1.807) is 0 Å². The number of hydrogen-bond acceptors (Lipinski definition) is 4. The quantitative estimate of drug-likeness (QED) is 0.541. The zero-order valence-electron chi connectivity index (χ0n) is 17.1. The smallest absolute Gasteiger partial charge is 0.303 e. The molecule has 0 unspecified atom stereocenters. The summed E-state index contributed by atoms with van der Waals surface area (Å²) in [5.41, 5.74) is 1.34. The van der Waals surface area contributed by atoms with Crippen LogP contribution in [0.2, 0.25) is 0 Å². The fourth-order valence-corrected chi connectivity index (χ4v) is 4.39. The first kappa shape index (κ1) is 21.2. The lowest BCUT2D eigenvalue weighted by Crippen LogP contribution is -2.58. The molecule has 2 aliphatic heterocycles. The average molecular weight is 365 g/mol. The van der Waals surface area contributed by atoms with Gasteiger partial charge in [-0.25, -0.2) is 0 Å². The number of carbonyl (C=O) groups is 1. The molecular weight excluding hydrogens is 328 g/mol. The molecule has 3 aliphatic rings. The van der Waals surface area contributed by atoms with Gasteiger partial charge in [-0.1, -0.05) is 18.2 Å². The molecule has 0 saturated carbocycles. The van der Waals surface area contributed by atoms with Crippen molar-refractivity contribution in [1.29, 1.82) is 0 Å². The molecular formula is C22H36O4. The third-order valence-electron chi connectivity index (χ3n) is 6.20. The predicted molar refractivity (Wildman–Crippen MR) is 104 cm³/mol. The van der Waals surface area contributed by atoms with Gasteiger partial charge in [0, 0.05) is 6.92 Å². The summed E-state index contributed by atoms with van der Waals surface area (Å²) in [5.74, 6) is 0.0523. The molecule has 4 nitrogen and oxygen atoms in total. The monoisotopic (exact) mass is 364 g/mol. The molecule has 0 aromatic carbocycles. The first-order valence-corrected chi connectivity index (χ1v) is 9.92. The van der Waals surface area contributed by atoms with E-state index in [4.69, 9.17) is 9.47 Å². The lowest BCUT2D eigenvalue weighted by molar-refractivity contribution is -0.252. The van der Waals surface area contributed by atoms with E-state index in [2.05, 4.69) is 33.4 Å². The van der Waals surface area contributed by atoms with Gasteiger partial charge in [0.05, 0.1) is 11.7 Å². The van der Waals surface area contributed by atoms with Crippen molar-refractivity contribution in [2.24, 2.45) is 5.92 Å². The molecule has 1 saturated heterocycles. The highest BCUT2D eigenvalue weighted by Crippen LogP contribution is 2.45. The molecule has 26 heavy (non-hydrogen) atoms. The number of aliphatic hydroxyl groups excluding tert-OH is 1. The molecule has 1 fully saturated rings. The minimum Gasteiger partial charge on any atom is -0.459 e. The largest absolute Gasteiger partial charge is 0.459 e. The summed E-state index contributed by atoms with van der Waals surface area (Å²) >= 11 is 0. The maximum atomic E-state index is 11.7. The summed E-state index contributed by atoms with van der Waals surface area (Å²) in [6.07, 6.45) is 7.19. The Morgan fingerprint density at radius 1 is 1.31 bits per heavy atom. The second kappa shape index (κ2) is 8.26. The van der Waals surface area contributed by atoms with Gasteiger partial charge in [-0.05, 0) is 84.1 Å². The highest BCUT2D eigenvalue weighted by Gasteiger charge is 2.50. The molecule has 3 rings (SSSR count). The van der Waals surface area contributed by atoms with Crippen molar-refractivity contribution < 1.29 is 19.4 Å². The normalized spacial score (nSPS) is 38.2. The van der Waals surface area contributed by atoms with Gasteiger partial charge in [-0.3, -0.25) is 4.79 Å². The summed E-state index contributed by atoms with van der Waals surface area (Å²) < 4.78 is 12.3. The van der Waals surface area contributed by atoms with Crippen LogP contribution in [0.15, 0.2) is 23.8 Å². The molecule has 0 amide bonds. The Bertz CT molecular complexity index is 562. The third-order valence-corrected chi connectivity index (χ3v) is 6.20. The number of hydrogen-bond donors (Lipinski definition) is 1. The van der Waals surface area contributed by atoms with Gasteiger partial charge in [0.2, 0.25) is 0 Å². The summed E-state index contributed by atoms with van der Waals surface area (Å²) in [4.78, 5) is 11.7. The standard InChI is InChI=1S/C22H36O4/c1-15-8-7-9-16(2)19(24)12-13-22(6)20(25-17(3)23)14-18(11-10-15)21(4,5)26-22/h8,18-20,24H,2,7,9-14H2,1,3-6H3/b15-8-/t18-,19-,20-,22+/m1/s1. The van der Waals surface area contributed by atoms with Gasteiger partial charge in [-0.2, -0.15) is 0 Å². The molecule has 0 aromatic rings. The van der Waals surface area contributed by atoms with Crippen LogP contribution in [0.5, 0.6) is 0 Å². The van der Waals surface area contributed by atoms with Gasteiger partial charge in [0.15, 0.2) is 0 Å². The number of allylic oxidation sites excluding steroid dienone is 2. The first-order chi connectivity index (χ1) is 12.0. The Balaban J connectivity index is 2.32. The van der Waals surface area contributed by atoms with Crippen molar-refractivity contribution in [3.63, 3.8) is 0 Å². The van der Waals surface area contributed by atoms with E-state index in [-0.39, 0.29) is 17.7 Å². The Morgan fingerprint density at radius 2 is 2.00 bits per heavy atom. The van der Waals surface area contributed by atoms with Crippen molar-refractivity contribution in [1.82, 2.24) is 0 Å². The van der Waals surface area contributed by atoms with Crippen molar-refractivity contribution in [2.45, 2.75) is 103 Å². The molecule has 0 radical (unpaired) electrons. The second-order valence-electron chi connectivity index (χ2n) is 8.89. The molecule has 0 spiro atoms. The summed E-state index contributed by atoms with van der Waals surface area (Å²) in [7, 11) is 0. The fraction of sp³-hybridized carbons (Fsp3) is 0.773. The van der Waals surface area contributed by atoms with Crippen LogP contribution in [-0.4, -0.2) is 34.5 Å². The van der Waals surface area contributed by atoms with Gasteiger partial charge >= 0.3 is 5.97 Å². The van der Waals surface area contributed by atoms with E-state index in [0.717, 1.165) is 37.7 Å². The maximum Gasteiger partial charge on any atom is 0.303 e. The average Bonchev–Trinajstić information content (AvgIpc) is 2.52. The number of esters is 1. The predicted octanol–water partition coefficient (Wildman–Crippen LogP) is 4.71. The van der Waals surface area contributed by atoms with E-state index in [1.807, 2.05) is 6.92 Å². The lowest BCUT2D eigenvalue weighted by Gasteiger charge is -2.52. The van der Waals surface area contributed by atoms with Crippen LogP contribution in [0.25, 0.3) is 0 Å². The zero-order chi connectivity index (χ0) is 19.5. The Hall–Kier alpha value is -1.13. The fourth-order valence-electron chi connectivity index (χ4n) is 4.39. The van der Waals surface area contributed by atoms with Crippen LogP contribution < -0.4 is 0 Å². The van der Waals surface area contributed by atoms with E-state index in [1.165, 1.54) is 12.5 Å². The maximum absolute atomic E-state index is 11.7. The van der Waals surface area contributed by atoms with E-state index < -0.39 is 11.7 Å². The molecule has 1 N–H and O–H groups in total. The van der Waals surface area contributed by atoms with Crippen molar-refractivity contribution in [3.05, 3.63) is 23.8 Å². The Kier molecular flexibility index (Phi) is 6.73. The SMILES string of the molecule is C=C1CC/C=C(/C)CC[C@@H]2C[C@@H](OC(C)=O)[C@](C)(CC[C@H]1O)OC2(C)C.